The Balaban J connectivity index is 1.38. The number of hydrogen-bond donors (Lipinski definition) is 1. The third-order valence-electron chi connectivity index (χ3n) is 4.64. The van der Waals surface area contributed by atoms with Gasteiger partial charge < -0.3 is 9.73 Å². The van der Waals surface area contributed by atoms with Gasteiger partial charge in [-0.15, -0.1) is 10.2 Å². The quantitative estimate of drug-likeness (QED) is 0.319. The minimum absolute atomic E-state index is 0.0850. The van der Waals surface area contributed by atoms with Crippen LogP contribution in [0.2, 0.25) is 0 Å². The monoisotopic (exact) mass is 493 g/mol. The van der Waals surface area contributed by atoms with Crippen LogP contribution in [0.4, 0.5) is 0 Å². The molecule has 0 fully saturated rings. The van der Waals surface area contributed by atoms with Crippen LogP contribution in [0, 0.1) is 0 Å². The molecule has 0 spiro atoms. The average molecular weight is 494 g/mol. The van der Waals surface area contributed by atoms with Crippen molar-refractivity contribution in [3.63, 3.8) is 0 Å². The molecule has 0 bridgehead atoms. The van der Waals surface area contributed by atoms with Gasteiger partial charge in [0, 0.05) is 10.0 Å². The minimum atomic E-state index is -0.113. The zero-order valence-corrected chi connectivity index (χ0v) is 19.0. The van der Waals surface area contributed by atoms with Crippen LogP contribution >= 0.6 is 27.7 Å². The molecule has 1 amide bonds. The Kier molecular flexibility index (Phi) is 7.17. The fourth-order valence-electron chi connectivity index (χ4n) is 3.13. The molecule has 1 aromatic heterocycles. The van der Waals surface area contributed by atoms with E-state index in [0.29, 0.717) is 11.1 Å². The highest BCUT2D eigenvalue weighted by molar-refractivity contribution is 9.10. The van der Waals surface area contributed by atoms with Crippen LogP contribution in [0.15, 0.2) is 99.0 Å². The molecule has 1 unspecified atom stereocenters. The van der Waals surface area contributed by atoms with Crippen LogP contribution in [0.1, 0.15) is 17.2 Å². The SMILES string of the molecule is O=C(CSc1nnc(-c2ccc(Br)cc2)o1)NC(Cc1ccccc1)c1ccccc1. The summed E-state index contributed by atoms with van der Waals surface area (Å²) < 4.78 is 6.67. The van der Waals surface area contributed by atoms with Crippen LogP contribution in [-0.2, 0) is 11.2 Å². The number of nitrogens with zero attached hydrogens (tertiary/aromatic N) is 2. The molecule has 1 N–H and O–H groups in total. The molecule has 156 valence electrons. The molecule has 0 saturated carbocycles. The molecule has 0 aliphatic rings. The van der Waals surface area contributed by atoms with E-state index in [9.17, 15) is 4.79 Å². The number of amides is 1. The van der Waals surface area contributed by atoms with E-state index in [0.717, 1.165) is 22.0 Å². The zero-order valence-electron chi connectivity index (χ0n) is 16.6. The second kappa shape index (κ2) is 10.4. The second-order valence-electron chi connectivity index (χ2n) is 6.89. The normalized spacial score (nSPS) is 11.8. The number of carbonyl (C=O) groups is 1. The predicted octanol–water partition coefficient (Wildman–Crippen LogP) is 5.69. The molecule has 7 heteroatoms. The molecule has 1 atom stereocenters. The van der Waals surface area contributed by atoms with Crippen molar-refractivity contribution in [2.24, 2.45) is 0 Å². The maximum atomic E-state index is 12.7. The summed E-state index contributed by atoms with van der Waals surface area (Å²) in [5.41, 5.74) is 3.07. The number of benzene rings is 3. The van der Waals surface area contributed by atoms with Crippen molar-refractivity contribution in [1.29, 1.82) is 0 Å². The Hall–Kier alpha value is -2.90. The van der Waals surface area contributed by atoms with Gasteiger partial charge in [-0.05, 0) is 41.8 Å². The van der Waals surface area contributed by atoms with Gasteiger partial charge in [-0.25, -0.2) is 0 Å². The first kappa shape index (κ1) is 21.3. The molecule has 5 nitrogen and oxygen atoms in total. The summed E-state index contributed by atoms with van der Waals surface area (Å²) >= 11 is 4.63. The highest BCUT2D eigenvalue weighted by atomic mass is 79.9. The topological polar surface area (TPSA) is 68.0 Å². The molecule has 4 rings (SSSR count). The Morgan fingerprint density at radius 3 is 2.32 bits per heavy atom. The summed E-state index contributed by atoms with van der Waals surface area (Å²) in [4.78, 5) is 12.7. The molecule has 0 aliphatic carbocycles. The number of carbonyl (C=O) groups excluding carboxylic acids is 1. The van der Waals surface area contributed by atoms with Crippen molar-refractivity contribution in [2.75, 3.05) is 5.75 Å². The molecule has 3 aromatic carbocycles. The first-order valence-corrected chi connectivity index (χ1v) is 11.6. The number of nitrogens with one attached hydrogen (secondary N) is 1. The van der Waals surface area contributed by atoms with Gasteiger partial charge in [-0.3, -0.25) is 4.79 Å². The van der Waals surface area contributed by atoms with Crippen molar-refractivity contribution in [2.45, 2.75) is 17.7 Å². The lowest BCUT2D eigenvalue weighted by atomic mass is 9.99. The van der Waals surface area contributed by atoms with E-state index >= 15 is 0 Å². The lowest BCUT2D eigenvalue weighted by Gasteiger charge is -2.19. The Bertz CT molecular complexity index is 1120. The van der Waals surface area contributed by atoms with Crippen LogP contribution in [0.5, 0.6) is 0 Å². The van der Waals surface area contributed by atoms with Gasteiger partial charge in [-0.2, -0.15) is 0 Å². The maximum absolute atomic E-state index is 12.7. The van der Waals surface area contributed by atoms with Crippen LogP contribution < -0.4 is 5.32 Å². The number of halogens is 1. The molecular weight excluding hydrogens is 474 g/mol. The lowest BCUT2D eigenvalue weighted by molar-refractivity contribution is -0.119. The van der Waals surface area contributed by atoms with Crippen molar-refractivity contribution >= 4 is 33.6 Å². The summed E-state index contributed by atoms with van der Waals surface area (Å²) in [6.07, 6.45) is 0.718. The molecule has 31 heavy (non-hydrogen) atoms. The van der Waals surface area contributed by atoms with Gasteiger partial charge >= 0.3 is 0 Å². The molecule has 0 aliphatic heterocycles. The van der Waals surface area contributed by atoms with E-state index in [2.05, 4.69) is 43.6 Å². The number of thioether (sulfide) groups is 1. The fourth-order valence-corrected chi connectivity index (χ4v) is 3.97. The fraction of sp³-hybridized carbons (Fsp3) is 0.125. The minimum Gasteiger partial charge on any atom is -0.411 e. The van der Waals surface area contributed by atoms with Gasteiger partial charge in [0.1, 0.15) is 0 Å². The third kappa shape index (κ3) is 6.06. The zero-order chi connectivity index (χ0) is 21.5. The smallest absolute Gasteiger partial charge is 0.277 e. The highest BCUT2D eigenvalue weighted by Crippen LogP contribution is 2.25. The van der Waals surface area contributed by atoms with Crippen molar-refractivity contribution < 1.29 is 9.21 Å². The Morgan fingerprint density at radius 2 is 1.61 bits per heavy atom. The van der Waals surface area contributed by atoms with Gasteiger partial charge in [0.15, 0.2) is 0 Å². The first-order valence-electron chi connectivity index (χ1n) is 9.78. The predicted molar refractivity (Wildman–Crippen MR) is 126 cm³/mol. The van der Waals surface area contributed by atoms with E-state index in [1.165, 1.54) is 17.3 Å². The standard InChI is InChI=1S/C24H20BrN3O2S/c25-20-13-11-19(12-14-20)23-27-28-24(30-23)31-16-22(29)26-21(18-9-5-2-6-10-18)15-17-7-3-1-4-8-17/h1-14,21H,15-16H2,(H,26,29). The van der Waals surface area contributed by atoms with E-state index in [4.69, 9.17) is 4.42 Å². The molecule has 0 radical (unpaired) electrons. The molecule has 1 heterocycles. The number of rotatable bonds is 8. The third-order valence-corrected chi connectivity index (χ3v) is 5.99. The average Bonchev–Trinajstić information content (AvgIpc) is 3.28. The van der Waals surface area contributed by atoms with Gasteiger partial charge in [0.25, 0.3) is 5.22 Å². The lowest BCUT2D eigenvalue weighted by Crippen LogP contribution is -2.31. The number of hydrogen-bond acceptors (Lipinski definition) is 5. The van der Waals surface area contributed by atoms with Crippen molar-refractivity contribution in [3.8, 4) is 11.5 Å². The van der Waals surface area contributed by atoms with E-state index in [-0.39, 0.29) is 17.7 Å². The summed E-state index contributed by atoms with van der Waals surface area (Å²) in [5.74, 6) is 0.542. The summed E-state index contributed by atoms with van der Waals surface area (Å²) in [5, 5.41) is 11.6. The van der Waals surface area contributed by atoms with Crippen LogP contribution in [0.3, 0.4) is 0 Å². The molecular formula is C24H20BrN3O2S. The van der Waals surface area contributed by atoms with E-state index in [1.807, 2.05) is 72.8 Å². The summed E-state index contributed by atoms with van der Waals surface area (Å²) in [6, 6.07) is 27.6. The second-order valence-corrected chi connectivity index (χ2v) is 8.73. The largest absolute Gasteiger partial charge is 0.411 e. The Labute approximate surface area is 193 Å². The molecule has 4 aromatic rings. The van der Waals surface area contributed by atoms with Gasteiger partial charge in [0.05, 0.1) is 11.8 Å². The van der Waals surface area contributed by atoms with E-state index in [1.54, 1.807) is 0 Å². The number of aromatic nitrogens is 2. The molecule has 0 saturated heterocycles. The van der Waals surface area contributed by atoms with Gasteiger partial charge in [-0.1, -0.05) is 88.4 Å². The van der Waals surface area contributed by atoms with Gasteiger partial charge in [0.2, 0.25) is 11.8 Å². The van der Waals surface area contributed by atoms with Crippen molar-refractivity contribution in [1.82, 2.24) is 15.5 Å². The summed E-state index contributed by atoms with van der Waals surface area (Å²) in [6.45, 7) is 0. The summed E-state index contributed by atoms with van der Waals surface area (Å²) in [7, 11) is 0. The highest BCUT2D eigenvalue weighted by Gasteiger charge is 2.17. The van der Waals surface area contributed by atoms with Crippen LogP contribution in [-0.4, -0.2) is 21.9 Å². The van der Waals surface area contributed by atoms with E-state index < -0.39 is 0 Å². The first-order chi connectivity index (χ1) is 15.2. The Morgan fingerprint density at radius 1 is 0.935 bits per heavy atom. The van der Waals surface area contributed by atoms with Crippen molar-refractivity contribution in [3.05, 3.63) is 101 Å². The maximum Gasteiger partial charge on any atom is 0.277 e. The van der Waals surface area contributed by atoms with Crippen LogP contribution in [0.25, 0.3) is 11.5 Å².